The molecule has 0 saturated carbocycles. The Balaban J connectivity index is 2.45. The third-order valence-electron chi connectivity index (χ3n) is 6.29. The highest BCUT2D eigenvalue weighted by Crippen LogP contribution is 2.23. The summed E-state index contributed by atoms with van der Waals surface area (Å²) in [7, 11) is 1.36. The van der Waals surface area contributed by atoms with E-state index in [0.29, 0.717) is 18.7 Å². The van der Waals surface area contributed by atoms with Crippen LogP contribution in [-0.2, 0) is 4.74 Å². The van der Waals surface area contributed by atoms with Gasteiger partial charge in [0, 0.05) is 43.3 Å². The number of benzene rings is 1. The zero-order chi connectivity index (χ0) is 29.1. The predicted molar refractivity (Wildman–Crippen MR) is 147 cm³/mol. The molecule has 0 aromatic heterocycles. The smallest absolute Gasteiger partial charge is 0.253 e. The number of halogens is 1. The van der Waals surface area contributed by atoms with Crippen LogP contribution in [0.2, 0.25) is 0 Å². The minimum Gasteiger partial charge on any atom is -0.388 e. The molecule has 0 spiro atoms. The van der Waals surface area contributed by atoms with E-state index in [1.54, 1.807) is 17.1 Å². The second-order valence-corrected chi connectivity index (χ2v) is 9.72. The number of hydrogen-bond donors (Lipinski definition) is 4. The molecule has 1 aliphatic rings. The number of aliphatic hydroxyl groups excluding tert-OH is 2. The van der Waals surface area contributed by atoms with Crippen LogP contribution in [0.25, 0.3) is 0 Å². The Bertz CT molecular complexity index is 1120. The zero-order valence-corrected chi connectivity index (χ0v) is 23.1. The molecule has 1 aromatic rings. The number of allylic oxidation sites excluding steroid dienone is 5. The number of nitrogens with one attached hydrogen (secondary N) is 1. The van der Waals surface area contributed by atoms with Crippen molar-refractivity contribution in [2.75, 3.05) is 26.8 Å². The van der Waals surface area contributed by atoms with Crippen molar-refractivity contribution in [3.63, 3.8) is 0 Å². The Morgan fingerprint density at radius 2 is 1.69 bits per heavy atom. The molecule has 1 aromatic carbocycles. The number of nitrogens with zero attached hydrogens (tertiary/aromatic N) is 1. The number of rotatable bonds is 14. The van der Waals surface area contributed by atoms with Gasteiger partial charge in [0.2, 0.25) is 5.91 Å². The average molecular weight is 546 g/mol. The van der Waals surface area contributed by atoms with Crippen LogP contribution in [0.5, 0.6) is 0 Å². The van der Waals surface area contributed by atoms with Crippen LogP contribution < -0.4 is 11.1 Å². The highest BCUT2D eigenvalue weighted by Gasteiger charge is 2.30. The molecule has 0 radical (unpaired) electrons. The lowest BCUT2D eigenvalue weighted by Gasteiger charge is -2.28. The monoisotopic (exact) mass is 545 g/mol. The summed E-state index contributed by atoms with van der Waals surface area (Å²) in [6, 6.07) is 2.93. The van der Waals surface area contributed by atoms with Crippen molar-refractivity contribution in [2.24, 2.45) is 5.73 Å². The first-order valence-electron chi connectivity index (χ1n) is 13.1. The Morgan fingerprint density at radius 3 is 2.28 bits per heavy atom. The molecule has 0 aliphatic heterocycles. The van der Waals surface area contributed by atoms with Crippen LogP contribution in [0.3, 0.4) is 0 Å². The highest BCUT2D eigenvalue weighted by atomic mass is 19.1. The number of carbonyl (C=O) groups excluding carboxylic acids is 3. The van der Waals surface area contributed by atoms with Crippen molar-refractivity contribution < 1.29 is 33.7 Å². The van der Waals surface area contributed by atoms with Crippen molar-refractivity contribution in [2.45, 2.75) is 64.7 Å². The van der Waals surface area contributed by atoms with Crippen LogP contribution in [0, 0.1) is 0 Å². The standard InChI is InChI=1S/C29H40FN3O6/c1-5-9-33(10-6-2)29(38)22-15-20(27(31)36)14-21(16-22)28(37)32-24(26(35)25(34)17-39-4)13-19-11-18(3)7-8-23(30)12-19/h7,11-12,14-16,24-26,34-35H,5-6,8-10,13,17H2,1-4H3,(H2,31,36)(H,32,37). The van der Waals surface area contributed by atoms with Gasteiger partial charge in [0.25, 0.3) is 11.8 Å². The molecule has 0 saturated heterocycles. The number of amides is 3. The maximum absolute atomic E-state index is 14.2. The van der Waals surface area contributed by atoms with Crippen LogP contribution in [0.1, 0.15) is 77.5 Å². The van der Waals surface area contributed by atoms with E-state index in [0.717, 1.165) is 18.4 Å². The van der Waals surface area contributed by atoms with E-state index in [-0.39, 0.29) is 47.9 Å². The van der Waals surface area contributed by atoms with E-state index < -0.39 is 30.1 Å². The normalized spacial score (nSPS) is 15.7. The third-order valence-corrected chi connectivity index (χ3v) is 6.29. The molecule has 0 heterocycles. The molecule has 9 nitrogen and oxygen atoms in total. The van der Waals surface area contributed by atoms with Crippen molar-refractivity contribution in [1.29, 1.82) is 0 Å². The van der Waals surface area contributed by atoms with Gasteiger partial charge in [-0.25, -0.2) is 4.39 Å². The minimum atomic E-state index is -1.47. The van der Waals surface area contributed by atoms with Crippen LogP contribution in [-0.4, -0.2) is 77.9 Å². The maximum Gasteiger partial charge on any atom is 0.253 e. The van der Waals surface area contributed by atoms with Gasteiger partial charge >= 0.3 is 0 Å². The third kappa shape index (κ3) is 9.42. The van der Waals surface area contributed by atoms with Gasteiger partial charge in [-0.3, -0.25) is 14.4 Å². The Morgan fingerprint density at radius 1 is 1.08 bits per heavy atom. The van der Waals surface area contributed by atoms with Crippen LogP contribution in [0.4, 0.5) is 4.39 Å². The molecular formula is C29H40FN3O6. The van der Waals surface area contributed by atoms with Gasteiger partial charge in [-0.15, -0.1) is 0 Å². The lowest BCUT2D eigenvalue weighted by Crippen LogP contribution is -2.50. The first-order valence-corrected chi connectivity index (χ1v) is 13.1. The highest BCUT2D eigenvalue weighted by molar-refractivity contribution is 6.04. The molecule has 3 atom stereocenters. The van der Waals surface area contributed by atoms with Crippen molar-refractivity contribution in [3.05, 3.63) is 70.1 Å². The van der Waals surface area contributed by atoms with Gasteiger partial charge in [-0.05, 0) is 56.0 Å². The van der Waals surface area contributed by atoms with Gasteiger partial charge in [-0.2, -0.15) is 0 Å². The van der Waals surface area contributed by atoms with Gasteiger partial charge in [0.15, 0.2) is 0 Å². The number of carbonyl (C=O) groups is 3. The summed E-state index contributed by atoms with van der Waals surface area (Å²) in [5.41, 5.74) is 6.90. The number of ether oxygens (including phenoxy) is 1. The summed E-state index contributed by atoms with van der Waals surface area (Å²) in [5.74, 6) is -2.23. The summed E-state index contributed by atoms with van der Waals surface area (Å²) in [5, 5.41) is 24.0. The quantitative estimate of drug-likeness (QED) is 0.283. The predicted octanol–water partition coefficient (Wildman–Crippen LogP) is 3.03. The summed E-state index contributed by atoms with van der Waals surface area (Å²) in [6.07, 6.45) is 3.57. The minimum absolute atomic E-state index is 0.00560. The maximum atomic E-state index is 14.2. The van der Waals surface area contributed by atoms with Gasteiger partial charge in [-0.1, -0.05) is 31.6 Å². The van der Waals surface area contributed by atoms with Crippen LogP contribution in [0.15, 0.2) is 53.4 Å². The van der Waals surface area contributed by atoms with Crippen LogP contribution >= 0.6 is 0 Å². The zero-order valence-electron chi connectivity index (χ0n) is 23.1. The van der Waals surface area contributed by atoms with Gasteiger partial charge in [0.05, 0.1) is 12.6 Å². The molecule has 3 unspecified atom stereocenters. The van der Waals surface area contributed by atoms with E-state index in [1.807, 2.05) is 20.8 Å². The number of aliphatic hydroxyl groups is 2. The Labute approximate surface area is 229 Å². The van der Waals surface area contributed by atoms with Crippen molar-refractivity contribution in [3.8, 4) is 0 Å². The van der Waals surface area contributed by atoms with Gasteiger partial charge in [0.1, 0.15) is 18.0 Å². The number of primary amides is 1. The molecule has 1 aliphatic carbocycles. The number of nitrogens with two attached hydrogens (primary N) is 1. The molecule has 0 fully saturated rings. The molecule has 3 amide bonds. The summed E-state index contributed by atoms with van der Waals surface area (Å²) < 4.78 is 19.2. The summed E-state index contributed by atoms with van der Waals surface area (Å²) in [6.45, 7) is 6.52. The van der Waals surface area contributed by atoms with E-state index in [9.17, 15) is 29.0 Å². The van der Waals surface area contributed by atoms with E-state index in [1.165, 1.54) is 31.4 Å². The average Bonchev–Trinajstić information content (AvgIpc) is 3.06. The summed E-state index contributed by atoms with van der Waals surface area (Å²) >= 11 is 0. The fraction of sp³-hybridized carbons (Fsp3) is 0.483. The molecule has 10 heteroatoms. The lowest BCUT2D eigenvalue weighted by atomic mass is 9.95. The van der Waals surface area contributed by atoms with E-state index in [4.69, 9.17) is 10.5 Å². The molecule has 2 rings (SSSR count). The van der Waals surface area contributed by atoms with E-state index >= 15 is 0 Å². The summed E-state index contributed by atoms with van der Waals surface area (Å²) in [4.78, 5) is 40.3. The molecule has 5 N–H and O–H groups in total. The molecular weight excluding hydrogens is 505 g/mol. The second kappa shape index (κ2) is 15.3. The SMILES string of the molecule is CCCN(CCC)C(=O)c1cc(C(N)=O)cc(C(=O)NC(CC2=CC(C)=CCC(F)=C2)C(O)C(O)COC)c1. The second-order valence-electron chi connectivity index (χ2n) is 9.72. The first-order chi connectivity index (χ1) is 18.5. The number of hydrogen-bond acceptors (Lipinski definition) is 6. The molecule has 0 bridgehead atoms. The van der Waals surface area contributed by atoms with Crippen molar-refractivity contribution in [1.82, 2.24) is 10.2 Å². The Kier molecular flexibility index (Phi) is 12.5. The fourth-order valence-electron chi connectivity index (χ4n) is 4.39. The Hall–Kier alpha value is -3.34. The lowest BCUT2D eigenvalue weighted by molar-refractivity contribution is -0.0406. The first kappa shape index (κ1) is 31.9. The van der Waals surface area contributed by atoms with Crippen molar-refractivity contribution >= 4 is 17.7 Å². The largest absolute Gasteiger partial charge is 0.388 e. The fourth-order valence-corrected chi connectivity index (χ4v) is 4.39. The topological polar surface area (TPSA) is 142 Å². The number of methoxy groups -OCH3 is 1. The van der Waals surface area contributed by atoms with E-state index in [2.05, 4.69) is 5.32 Å². The van der Waals surface area contributed by atoms with Gasteiger partial charge < -0.3 is 30.9 Å². The molecule has 39 heavy (non-hydrogen) atoms. The molecule has 214 valence electrons.